The molecule has 0 spiro atoms. The molecule has 0 amide bonds. The highest BCUT2D eigenvalue weighted by Crippen LogP contribution is 2.12. The zero-order chi connectivity index (χ0) is 15.0. The number of ether oxygens (including phenoxy) is 1. The molecule has 1 aromatic heterocycles. The molecule has 0 unspecified atom stereocenters. The maximum absolute atomic E-state index is 5.13. The monoisotopic (exact) mass is 277 g/mol. The van der Waals surface area contributed by atoms with E-state index in [2.05, 4.69) is 54.7 Å². The Morgan fingerprint density at radius 2 is 2.15 bits per heavy atom. The Morgan fingerprint density at radius 3 is 2.65 bits per heavy atom. The number of aromatic nitrogens is 1. The number of methoxy groups -OCH3 is 1. The maximum Gasteiger partial charge on any atom is 0.128 e. The second kappa shape index (κ2) is 8.02. The van der Waals surface area contributed by atoms with Crippen LogP contribution in [0.15, 0.2) is 31.0 Å². The van der Waals surface area contributed by atoms with Crippen LogP contribution in [-0.2, 0) is 11.3 Å². The lowest BCUT2D eigenvalue weighted by Crippen LogP contribution is -2.35. The van der Waals surface area contributed by atoms with Crippen molar-refractivity contribution in [3.8, 4) is 0 Å². The van der Waals surface area contributed by atoms with Gasteiger partial charge in [-0.1, -0.05) is 12.1 Å². The van der Waals surface area contributed by atoms with Crippen molar-refractivity contribution in [1.29, 1.82) is 0 Å². The topological polar surface area (TPSA) is 37.4 Å². The maximum atomic E-state index is 5.13. The van der Waals surface area contributed by atoms with E-state index in [0.29, 0.717) is 6.61 Å². The Labute approximate surface area is 122 Å². The van der Waals surface area contributed by atoms with Gasteiger partial charge in [-0.05, 0) is 32.4 Å². The van der Waals surface area contributed by atoms with E-state index in [1.165, 1.54) is 5.56 Å². The molecule has 0 saturated carbocycles. The van der Waals surface area contributed by atoms with Crippen LogP contribution >= 0.6 is 0 Å². The van der Waals surface area contributed by atoms with E-state index in [9.17, 15) is 0 Å². The molecule has 0 radical (unpaired) electrons. The van der Waals surface area contributed by atoms with Crippen molar-refractivity contribution in [2.45, 2.75) is 32.9 Å². The van der Waals surface area contributed by atoms with Crippen LogP contribution in [0.2, 0.25) is 0 Å². The fourth-order valence-electron chi connectivity index (χ4n) is 1.73. The minimum Gasteiger partial charge on any atom is -0.383 e. The normalized spacial score (nSPS) is 11.4. The zero-order valence-corrected chi connectivity index (χ0v) is 13.1. The lowest BCUT2D eigenvalue weighted by atomic mass is 10.1. The SMILES string of the molecule is C=CCN(CCOC)c1ccc(CNC(C)(C)C)cn1. The summed E-state index contributed by atoms with van der Waals surface area (Å²) in [7, 11) is 1.71. The van der Waals surface area contributed by atoms with Crippen LogP contribution in [0.1, 0.15) is 26.3 Å². The number of pyridine rings is 1. The van der Waals surface area contributed by atoms with Crippen LogP contribution in [0.3, 0.4) is 0 Å². The highest BCUT2D eigenvalue weighted by molar-refractivity contribution is 5.40. The molecule has 0 saturated heterocycles. The van der Waals surface area contributed by atoms with Gasteiger partial charge in [-0.3, -0.25) is 0 Å². The van der Waals surface area contributed by atoms with Crippen molar-refractivity contribution < 1.29 is 4.74 Å². The quantitative estimate of drug-likeness (QED) is 0.741. The average molecular weight is 277 g/mol. The standard InChI is InChI=1S/C16H27N3O/c1-6-9-19(10-11-20-5)15-8-7-14(12-17-15)13-18-16(2,3)4/h6-8,12,18H,1,9-11,13H2,2-5H3. The minimum absolute atomic E-state index is 0.117. The Balaban J connectivity index is 2.65. The lowest BCUT2D eigenvalue weighted by molar-refractivity contribution is 0.205. The Hall–Kier alpha value is -1.39. The number of anilines is 1. The number of hydrogen-bond acceptors (Lipinski definition) is 4. The van der Waals surface area contributed by atoms with Crippen LogP contribution < -0.4 is 10.2 Å². The van der Waals surface area contributed by atoms with Crippen molar-refractivity contribution in [3.63, 3.8) is 0 Å². The van der Waals surface area contributed by atoms with Crippen LogP contribution in [0.5, 0.6) is 0 Å². The first-order valence-electron chi connectivity index (χ1n) is 7.01. The first kappa shape index (κ1) is 16.7. The molecule has 0 aliphatic heterocycles. The van der Waals surface area contributed by atoms with Gasteiger partial charge in [-0.15, -0.1) is 6.58 Å². The summed E-state index contributed by atoms with van der Waals surface area (Å²) in [4.78, 5) is 6.68. The third kappa shape index (κ3) is 6.17. The molecule has 112 valence electrons. The Morgan fingerprint density at radius 1 is 1.40 bits per heavy atom. The van der Waals surface area contributed by atoms with Crippen molar-refractivity contribution in [2.75, 3.05) is 31.7 Å². The minimum atomic E-state index is 0.117. The van der Waals surface area contributed by atoms with Crippen LogP contribution in [-0.4, -0.2) is 37.3 Å². The molecular weight excluding hydrogens is 250 g/mol. The molecule has 20 heavy (non-hydrogen) atoms. The first-order valence-corrected chi connectivity index (χ1v) is 7.01. The number of nitrogens with zero attached hydrogens (tertiary/aromatic N) is 2. The van der Waals surface area contributed by atoms with Gasteiger partial charge in [-0.2, -0.15) is 0 Å². The zero-order valence-electron chi connectivity index (χ0n) is 13.1. The van der Waals surface area contributed by atoms with Gasteiger partial charge in [0.15, 0.2) is 0 Å². The molecule has 4 nitrogen and oxygen atoms in total. The average Bonchev–Trinajstić information content (AvgIpc) is 2.41. The van der Waals surface area contributed by atoms with Crippen LogP contribution in [0.4, 0.5) is 5.82 Å². The molecule has 0 atom stereocenters. The van der Waals surface area contributed by atoms with Gasteiger partial charge in [0, 0.05) is 38.5 Å². The van der Waals surface area contributed by atoms with Crippen molar-refractivity contribution in [2.24, 2.45) is 0 Å². The summed E-state index contributed by atoms with van der Waals surface area (Å²) in [6, 6.07) is 4.17. The predicted octanol–water partition coefficient (Wildman–Crippen LogP) is 2.61. The summed E-state index contributed by atoms with van der Waals surface area (Å²) in [5.41, 5.74) is 1.31. The van der Waals surface area contributed by atoms with Gasteiger partial charge in [0.2, 0.25) is 0 Å². The molecule has 0 fully saturated rings. The molecule has 1 heterocycles. The summed E-state index contributed by atoms with van der Waals surface area (Å²) in [5, 5.41) is 3.46. The second-order valence-electron chi connectivity index (χ2n) is 5.86. The van der Waals surface area contributed by atoms with E-state index < -0.39 is 0 Å². The highest BCUT2D eigenvalue weighted by Gasteiger charge is 2.09. The first-order chi connectivity index (χ1) is 9.46. The summed E-state index contributed by atoms with van der Waals surface area (Å²) in [5.74, 6) is 0.960. The molecule has 1 aromatic rings. The van der Waals surface area contributed by atoms with E-state index >= 15 is 0 Å². The molecule has 0 aromatic carbocycles. The summed E-state index contributed by atoms with van der Waals surface area (Å²) >= 11 is 0. The van der Waals surface area contributed by atoms with Gasteiger partial charge < -0.3 is 15.0 Å². The van der Waals surface area contributed by atoms with E-state index in [4.69, 9.17) is 4.74 Å². The number of rotatable bonds is 8. The second-order valence-corrected chi connectivity index (χ2v) is 5.86. The summed E-state index contributed by atoms with van der Waals surface area (Å²) < 4.78 is 5.13. The number of nitrogens with one attached hydrogen (secondary N) is 1. The third-order valence-electron chi connectivity index (χ3n) is 2.87. The van der Waals surface area contributed by atoms with Gasteiger partial charge >= 0.3 is 0 Å². The molecule has 1 N–H and O–H groups in total. The molecule has 0 aliphatic rings. The van der Waals surface area contributed by atoms with Crippen molar-refractivity contribution in [1.82, 2.24) is 10.3 Å². The predicted molar refractivity (Wildman–Crippen MR) is 85.1 cm³/mol. The van der Waals surface area contributed by atoms with Crippen molar-refractivity contribution >= 4 is 5.82 Å². The van der Waals surface area contributed by atoms with Crippen molar-refractivity contribution in [3.05, 3.63) is 36.5 Å². The summed E-state index contributed by atoms with van der Waals surface area (Å²) in [6.07, 6.45) is 3.81. The van der Waals surface area contributed by atoms with Crippen LogP contribution in [0, 0.1) is 0 Å². The Bertz CT molecular complexity index is 395. The smallest absolute Gasteiger partial charge is 0.128 e. The molecule has 1 rings (SSSR count). The largest absolute Gasteiger partial charge is 0.383 e. The fraction of sp³-hybridized carbons (Fsp3) is 0.562. The molecule has 0 bridgehead atoms. The van der Waals surface area contributed by atoms with Gasteiger partial charge in [-0.25, -0.2) is 4.98 Å². The van der Waals surface area contributed by atoms with E-state index in [0.717, 1.165) is 25.5 Å². The molecule has 0 aliphatic carbocycles. The van der Waals surface area contributed by atoms with E-state index in [1.54, 1.807) is 7.11 Å². The summed E-state index contributed by atoms with van der Waals surface area (Å²) in [6.45, 7) is 13.4. The van der Waals surface area contributed by atoms with E-state index in [1.807, 2.05) is 12.3 Å². The Kier molecular flexibility index (Phi) is 6.68. The number of hydrogen-bond donors (Lipinski definition) is 1. The molecule has 4 heteroatoms. The lowest BCUT2D eigenvalue weighted by Gasteiger charge is -2.23. The fourth-order valence-corrected chi connectivity index (χ4v) is 1.73. The third-order valence-corrected chi connectivity index (χ3v) is 2.87. The van der Waals surface area contributed by atoms with Crippen LogP contribution in [0.25, 0.3) is 0 Å². The highest BCUT2D eigenvalue weighted by atomic mass is 16.5. The van der Waals surface area contributed by atoms with Gasteiger partial charge in [0.05, 0.1) is 6.61 Å². The van der Waals surface area contributed by atoms with E-state index in [-0.39, 0.29) is 5.54 Å². The molecular formula is C16H27N3O. The van der Waals surface area contributed by atoms with Gasteiger partial charge in [0.1, 0.15) is 5.82 Å². The van der Waals surface area contributed by atoms with Gasteiger partial charge in [0.25, 0.3) is 0 Å².